The molecule has 35 heavy (non-hydrogen) atoms. The molecule has 5 rings (SSSR count). The molecule has 0 bridgehead atoms. The average Bonchev–Trinajstić information content (AvgIpc) is 3.12. The third-order valence-corrected chi connectivity index (χ3v) is 6.52. The van der Waals surface area contributed by atoms with Gasteiger partial charge in [0.25, 0.3) is 0 Å². The van der Waals surface area contributed by atoms with Gasteiger partial charge in [0.05, 0.1) is 12.9 Å². The lowest BCUT2D eigenvalue weighted by atomic mass is 10.0. The predicted molar refractivity (Wildman–Crippen MR) is 120 cm³/mol. The summed E-state index contributed by atoms with van der Waals surface area (Å²) in [5.41, 5.74) is 0.621. The number of fused-ring (bicyclic) bond motifs is 2. The van der Waals surface area contributed by atoms with Gasteiger partial charge in [-0.3, -0.25) is 9.09 Å². The van der Waals surface area contributed by atoms with Crippen molar-refractivity contribution < 1.29 is 33.1 Å². The summed E-state index contributed by atoms with van der Waals surface area (Å²) in [4.78, 5) is 31.4. The molecule has 188 valence electrons. The van der Waals surface area contributed by atoms with Gasteiger partial charge in [-0.2, -0.15) is 10.2 Å². The van der Waals surface area contributed by atoms with Gasteiger partial charge in [0.15, 0.2) is 34.7 Å². The molecule has 0 amide bonds. The van der Waals surface area contributed by atoms with Crippen molar-refractivity contribution in [1.82, 2.24) is 19.5 Å². The van der Waals surface area contributed by atoms with Crippen LogP contribution in [0.15, 0.2) is 22.9 Å². The second-order valence-corrected chi connectivity index (χ2v) is 10.3. The largest absolute Gasteiger partial charge is 0.469 e. The first-order chi connectivity index (χ1) is 16.6. The van der Waals surface area contributed by atoms with Gasteiger partial charge in [-0.15, -0.1) is 12.3 Å². The Morgan fingerprint density at radius 1 is 1.23 bits per heavy atom. The molecule has 5 heterocycles. The first-order valence-corrected chi connectivity index (χ1v) is 12.6. The lowest BCUT2D eigenvalue weighted by molar-refractivity contribution is -0.199. The number of ether oxygens (including phenoxy) is 3. The molecule has 0 aromatic carbocycles. The third-order valence-electron chi connectivity index (χ3n) is 6.04. The number of rotatable bonds is 10. The molecule has 2 aromatic heterocycles. The highest BCUT2D eigenvalue weighted by atomic mass is 31.2. The number of imidazole rings is 1. The van der Waals surface area contributed by atoms with Crippen LogP contribution >= 0.6 is 7.82 Å². The van der Waals surface area contributed by atoms with Gasteiger partial charge in [-0.1, -0.05) is 0 Å². The Balaban J connectivity index is 1.33. The molecule has 0 radical (unpaired) electrons. The van der Waals surface area contributed by atoms with Crippen molar-refractivity contribution >= 4 is 24.8 Å². The Morgan fingerprint density at radius 2 is 2.00 bits per heavy atom. The van der Waals surface area contributed by atoms with Gasteiger partial charge in [-0.25, -0.2) is 19.5 Å². The third kappa shape index (κ3) is 5.07. The van der Waals surface area contributed by atoms with E-state index in [2.05, 4.69) is 40.9 Å². The Bertz CT molecular complexity index is 1220. The zero-order valence-corrected chi connectivity index (χ0v) is 20.0. The molecule has 2 aromatic rings. The summed E-state index contributed by atoms with van der Waals surface area (Å²) >= 11 is 0. The van der Waals surface area contributed by atoms with Crippen LogP contribution in [0.1, 0.15) is 39.3 Å². The van der Waals surface area contributed by atoms with Crippen LogP contribution in [-0.2, 0) is 23.3 Å². The molecule has 0 saturated carbocycles. The van der Waals surface area contributed by atoms with Gasteiger partial charge in [-0.05, 0) is 13.8 Å². The van der Waals surface area contributed by atoms with Crippen molar-refractivity contribution in [3.63, 3.8) is 0 Å². The minimum absolute atomic E-state index is 0.368. The number of hydrogen-bond acceptors (Lipinski definition) is 11. The monoisotopic (exact) mass is 507 g/mol. The molecule has 1 unspecified atom stereocenters. The van der Waals surface area contributed by atoms with Gasteiger partial charge in [0, 0.05) is 25.8 Å². The number of phosphoric ester groups is 1. The van der Waals surface area contributed by atoms with Gasteiger partial charge in [0.1, 0.15) is 24.6 Å². The molecule has 14 nitrogen and oxygen atoms in total. The number of anilines is 1. The number of phosphoric acid groups is 1. The molecule has 0 spiro atoms. The van der Waals surface area contributed by atoms with Gasteiger partial charge >= 0.3 is 7.82 Å². The van der Waals surface area contributed by atoms with Crippen LogP contribution in [0.2, 0.25) is 0 Å². The molecule has 3 aliphatic rings. The zero-order valence-electron chi connectivity index (χ0n) is 19.1. The molecular formula is C20H26N7O7P. The maximum absolute atomic E-state index is 11.2. The molecule has 2 fully saturated rings. The number of nitrogens with one attached hydrogen (secondary N) is 1. The van der Waals surface area contributed by atoms with Crippen molar-refractivity contribution in [2.75, 3.05) is 18.5 Å². The highest BCUT2D eigenvalue weighted by Gasteiger charge is 2.56. The van der Waals surface area contributed by atoms with E-state index in [0.717, 1.165) is 0 Å². The smallest absolute Gasteiger partial charge is 0.368 e. The summed E-state index contributed by atoms with van der Waals surface area (Å²) in [6, 6.07) is 0. The molecule has 0 aliphatic carbocycles. The lowest BCUT2D eigenvalue weighted by Gasteiger charge is -2.24. The van der Waals surface area contributed by atoms with E-state index in [9.17, 15) is 4.57 Å². The fourth-order valence-corrected chi connectivity index (χ4v) is 4.75. The Kier molecular flexibility index (Phi) is 6.13. The van der Waals surface area contributed by atoms with Crippen LogP contribution in [0, 0.1) is 12.3 Å². The van der Waals surface area contributed by atoms with Crippen molar-refractivity contribution in [1.29, 1.82) is 0 Å². The molecule has 2 saturated heterocycles. The minimum atomic E-state index is -4.68. The van der Waals surface area contributed by atoms with Crippen LogP contribution in [0.5, 0.6) is 0 Å². The van der Waals surface area contributed by atoms with E-state index in [-0.39, 0.29) is 6.61 Å². The zero-order chi connectivity index (χ0) is 24.8. The quantitative estimate of drug-likeness (QED) is 0.315. The number of terminal acetylenes is 1. The van der Waals surface area contributed by atoms with Crippen LogP contribution in [0.25, 0.3) is 11.2 Å². The minimum Gasteiger partial charge on any atom is -0.368 e. The van der Waals surface area contributed by atoms with E-state index in [1.54, 1.807) is 24.7 Å². The highest BCUT2D eigenvalue weighted by Crippen LogP contribution is 2.45. The van der Waals surface area contributed by atoms with Crippen molar-refractivity contribution in [3.8, 4) is 12.3 Å². The van der Waals surface area contributed by atoms with Crippen LogP contribution in [0.4, 0.5) is 5.82 Å². The van der Waals surface area contributed by atoms with E-state index < -0.39 is 43.8 Å². The van der Waals surface area contributed by atoms with Crippen LogP contribution < -0.4 is 5.32 Å². The van der Waals surface area contributed by atoms with Crippen LogP contribution in [0.3, 0.4) is 0 Å². The second-order valence-electron chi connectivity index (χ2n) is 9.03. The van der Waals surface area contributed by atoms with E-state index in [1.165, 1.54) is 6.33 Å². The lowest BCUT2D eigenvalue weighted by Crippen LogP contribution is -2.32. The number of aromatic nitrogens is 4. The molecule has 15 heteroatoms. The normalized spacial score (nSPS) is 28.2. The molecular weight excluding hydrogens is 481 g/mol. The Morgan fingerprint density at radius 3 is 2.71 bits per heavy atom. The van der Waals surface area contributed by atoms with Crippen LogP contribution in [-0.4, -0.2) is 72.2 Å². The standard InChI is InChI=1S/C20H26N7O7P/c1-4-5-6-20(25-26-20)7-8-21-16-13-17(23-10-22-16)27(11-24-13)18-15-14(33-19(2,3)34-15)12(32-18)9-31-35(28,29)30/h1,10-12,14-15,18H,5-9H2,2-3H3,(H,21,22,23)(H2,28,29,30)/t12-,14+,15?,18-/m0/s1. The fourth-order valence-electron chi connectivity index (χ4n) is 4.40. The van der Waals surface area contributed by atoms with Crippen molar-refractivity contribution in [2.45, 2.75) is 69.1 Å². The van der Waals surface area contributed by atoms with Gasteiger partial charge < -0.3 is 29.3 Å². The number of nitrogens with zero attached hydrogens (tertiary/aromatic N) is 6. The van der Waals surface area contributed by atoms with E-state index >= 15 is 0 Å². The SMILES string of the molecule is C#CCCC1(CCNc2ncnc3c2ncn3[C@H]2O[C@@H](COP(=O)(O)O)[C@H]3OC(C)(C)OC32)N=N1. The van der Waals surface area contributed by atoms with E-state index in [0.29, 0.717) is 42.8 Å². The topological polar surface area (TPSA) is 175 Å². The summed E-state index contributed by atoms with van der Waals surface area (Å²) in [7, 11) is -4.68. The first-order valence-electron chi connectivity index (χ1n) is 11.1. The summed E-state index contributed by atoms with van der Waals surface area (Å²) in [6.07, 6.45) is 7.66. The summed E-state index contributed by atoms with van der Waals surface area (Å²) in [6.45, 7) is 3.71. The molecule has 4 atom stereocenters. The van der Waals surface area contributed by atoms with E-state index in [1.807, 2.05) is 0 Å². The highest BCUT2D eigenvalue weighted by molar-refractivity contribution is 7.46. The Labute approximate surface area is 200 Å². The fraction of sp³-hybridized carbons (Fsp3) is 0.650. The van der Waals surface area contributed by atoms with Crippen molar-refractivity contribution in [2.24, 2.45) is 10.2 Å². The maximum atomic E-state index is 11.2. The molecule has 3 N–H and O–H groups in total. The summed E-state index contributed by atoms with van der Waals surface area (Å²) in [5.74, 6) is 2.24. The van der Waals surface area contributed by atoms with E-state index in [4.69, 9.17) is 30.4 Å². The van der Waals surface area contributed by atoms with Crippen molar-refractivity contribution in [3.05, 3.63) is 12.7 Å². The summed E-state index contributed by atoms with van der Waals surface area (Å²) in [5, 5.41) is 11.5. The number of hydrogen-bond donors (Lipinski definition) is 3. The molecule has 3 aliphatic heterocycles. The van der Waals surface area contributed by atoms with Gasteiger partial charge in [0.2, 0.25) is 0 Å². The second kappa shape index (κ2) is 8.86. The Hall–Kier alpha value is -2.50. The summed E-state index contributed by atoms with van der Waals surface area (Å²) < 4.78 is 35.7. The predicted octanol–water partition coefficient (Wildman–Crippen LogP) is 1.73. The average molecular weight is 507 g/mol. The maximum Gasteiger partial charge on any atom is 0.469 e. The first kappa shape index (κ1) is 24.2.